The molecule has 5 rings (SSSR count). The second kappa shape index (κ2) is 12.4. The van der Waals surface area contributed by atoms with Gasteiger partial charge in [0.2, 0.25) is 11.8 Å². The van der Waals surface area contributed by atoms with E-state index in [0.717, 1.165) is 12.8 Å². The van der Waals surface area contributed by atoms with E-state index in [4.69, 9.17) is 14.2 Å². The third-order valence-corrected chi connectivity index (χ3v) is 9.27. The smallest absolute Gasteiger partial charge is 0.408 e. The molecule has 2 fully saturated rings. The Morgan fingerprint density at radius 3 is 2.50 bits per heavy atom. The molecule has 2 bridgehead atoms. The zero-order valence-electron chi connectivity index (χ0n) is 26.0. The van der Waals surface area contributed by atoms with Gasteiger partial charge in [-0.25, -0.2) is 14.8 Å². The highest BCUT2D eigenvalue weighted by molar-refractivity contribution is 5.89. The summed E-state index contributed by atoms with van der Waals surface area (Å²) < 4.78 is 49.2. The average molecular weight is 617 g/mol. The summed E-state index contributed by atoms with van der Waals surface area (Å²) in [5, 5.41) is 2.78. The van der Waals surface area contributed by atoms with Crippen molar-refractivity contribution in [1.82, 2.24) is 20.2 Å². The number of alkyl carbamates (subject to hydrolysis) is 1. The SMILES string of the molecule is COc1ccc2nc3c(nc2c1)O[C@H]1CN(C(=O)[C@H](C(C)(C)C)NC(=O)O[C@@H]2CCC[C@H]2CCCCC3(F)F)[C@H](C=O)[C@@H]1C. The number of nitrogens with zero attached hydrogens (tertiary/aromatic N) is 3. The molecule has 10 nitrogen and oxygen atoms in total. The van der Waals surface area contributed by atoms with E-state index in [1.807, 2.05) is 20.8 Å². The quantitative estimate of drug-likeness (QED) is 0.445. The highest BCUT2D eigenvalue weighted by Crippen LogP contribution is 2.41. The van der Waals surface area contributed by atoms with E-state index in [1.54, 1.807) is 25.1 Å². The van der Waals surface area contributed by atoms with E-state index in [9.17, 15) is 14.4 Å². The Kier molecular flexibility index (Phi) is 9.00. The zero-order valence-corrected chi connectivity index (χ0v) is 26.0. The predicted molar refractivity (Wildman–Crippen MR) is 158 cm³/mol. The molecule has 6 atom stereocenters. The summed E-state index contributed by atoms with van der Waals surface area (Å²) >= 11 is 0. The van der Waals surface area contributed by atoms with Crippen LogP contribution in [0.15, 0.2) is 18.2 Å². The summed E-state index contributed by atoms with van der Waals surface area (Å²) in [6, 6.07) is 2.88. The van der Waals surface area contributed by atoms with Crippen molar-refractivity contribution in [2.75, 3.05) is 13.7 Å². The third kappa shape index (κ3) is 6.44. The Morgan fingerprint density at radius 2 is 1.80 bits per heavy atom. The summed E-state index contributed by atoms with van der Waals surface area (Å²) in [6.45, 7) is 7.11. The van der Waals surface area contributed by atoms with Gasteiger partial charge < -0.3 is 29.2 Å². The number of alkyl halides is 2. The number of fused-ring (bicyclic) bond motifs is 5. The number of benzene rings is 1. The van der Waals surface area contributed by atoms with Crippen LogP contribution in [0.3, 0.4) is 0 Å². The summed E-state index contributed by atoms with van der Waals surface area (Å²) in [6.07, 6.45) is 2.07. The first kappa shape index (κ1) is 31.8. The van der Waals surface area contributed by atoms with Gasteiger partial charge in [0.15, 0.2) is 5.69 Å². The van der Waals surface area contributed by atoms with Gasteiger partial charge in [-0.15, -0.1) is 0 Å². The first-order chi connectivity index (χ1) is 20.8. The van der Waals surface area contributed by atoms with Crippen LogP contribution in [0.25, 0.3) is 11.0 Å². The van der Waals surface area contributed by atoms with Crippen LogP contribution in [0.5, 0.6) is 11.6 Å². The maximum Gasteiger partial charge on any atom is 0.408 e. The summed E-state index contributed by atoms with van der Waals surface area (Å²) in [4.78, 5) is 49.6. The molecule has 1 saturated carbocycles. The van der Waals surface area contributed by atoms with E-state index in [1.165, 1.54) is 12.0 Å². The summed E-state index contributed by atoms with van der Waals surface area (Å²) in [7, 11) is 1.49. The van der Waals surface area contributed by atoms with Gasteiger partial charge >= 0.3 is 6.09 Å². The molecule has 3 aliphatic rings. The minimum atomic E-state index is -3.36. The van der Waals surface area contributed by atoms with Crippen LogP contribution >= 0.6 is 0 Å². The first-order valence-corrected chi connectivity index (χ1v) is 15.5. The van der Waals surface area contributed by atoms with E-state index in [2.05, 4.69) is 15.3 Å². The Hall–Kier alpha value is -3.57. The minimum Gasteiger partial charge on any atom is -0.497 e. The van der Waals surface area contributed by atoms with Crippen LogP contribution in [0.2, 0.25) is 0 Å². The molecule has 0 radical (unpaired) electrons. The monoisotopic (exact) mass is 616 g/mol. The van der Waals surface area contributed by atoms with E-state index < -0.39 is 59.6 Å². The number of hydrogen-bond donors (Lipinski definition) is 1. The van der Waals surface area contributed by atoms with Crippen LogP contribution in [0.1, 0.15) is 78.3 Å². The molecular weight excluding hydrogens is 574 g/mol. The topological polar surface area (TPSA) is 120 Å². The number of methoxy groups -OCH3 is 1. The molecule has 2 aromatic rings. The Bertz CT molecular complexity index is 1400. The fraction of sp³-hybridized carbons (Fsp3) is 0.656. The minimum absolute atomic E-state index is 0.0472. The molecule has 2 aliphatic heterocycles. The van der Waals surface area contributed by atoms with Gasteiger partial charge in [-0.1, -0.05) is 34.1 Å². The van der Waals surface area contributed by atoms with Gasteiger partial charge in [0.1, 0.15) is 30.3 Å². The molecule has 1 saturated heterocycles. The molecule has 1 N–H and O–H groups in total. The van der Waals surface area contributed by atoms with Gasteiger partial charge in [-0.05, 0) is 55.6 Å². The first-order valence-electron chi connectivity index (χ1n) is 15.5. The van der Waals surface area contributed by atoms with Crippen molar-refractivity contribution in [3.8, 4) is 11.6 Å². The number of nitrogens with one attached hydrogen (secondary N) is 1. The standard InChI is InChI=1S/C32H42F2N4O6/c1-18-23(17-39)38-16-25(18)43-28-26(35-21-13-12-20(42-5)15-22(21)36-28)32(33,34)14-7-6-9-19-10-8-11-24(19)44-30(41)37-27(29(38)40)31(2,3)4/h12-13,15,17-19,23-25,27H,6-11,14,16H2,1-5H3,(H,37,41)/t18-,19+,23+,24+,25-,27+/m0/s1. The Morgan fingerprint density at radius 1 is 1.05 bits per heavy atom. The van der Waals surface area contributed by atoms with Crippen LogP contribution in [0, 0.1) is 17.3 Å². The van der Waals surface area contributed by atoms with Crippen molar-refractivity contribution < 1.29 is 37.4 Å². The second-order valence-electron chi connectivity index (χ2n) is 13.4. The van der Waals surface area contributed by atoms with Gasteiger partial charge in [0, 0.05) is 18.4 Å². The Labute approximate surface area is 256 Å². The fourth-order valence-corrected chi connectivity index (χ4v) is 6.64. The van der Waals surface area contributed by atoms with Crippen molar-refractivity contribution in [1.29, 1.82) is 0 Å². The molecule has 0 unspecified atom stereocenters. The largest absolute Gasteiger partial charge is 0.497 e. The van der Waals surface area contributed by atoms with Crippen LogP contribution in [0.4, 0.5) is 13.6 Å². The number of aromatic nitrogens is 2. The summed E-state index contributed by atoms with van der Waals surface area (Å²) in [5.74, 6) is -4.20. The Balaban J connectivity index is 1.56. The molecule has 12 heteroatoms. The third-order valence-electron chi connectivity index (χ3n) is 9.27. The van der Waals surface area contributed by atoms with E-state index in [-0.39, 0.29) is 36.4 Å². The highest BCUT2D eigenvalue weighted by Gasteiger charge is 2.48. The lowest BCUT2D eigenvalue weighted by Crippen LogP contribution is -2.56. The van der Waals surface area contributed by atoms with Crippen LogP contribution in [-0.4, -0.2) is 71.1 Å². The van der Waals surface area contributed by atoms with Crippen molar-refractivity contribution in [3.63, 3.8) is 0 Å². The molecule has 240 valence electrons. The zero-order chi connectivity index (χ0) is 31.8. The van der Waals surface area contributed by atoms with Crippen molar-refractivity contribution in [2.45, 2.75) is 103 Å². The number of amides is 2. The molecule has 44 heavy (non-hydrogen) atoms. The average Bonchev–Trinajstić information content (AvgIpc) is 3.54. The second-order valence-corrected chi connectivity index (χ2v) is 13.4. The molecular formula is C32H42F2N4O6. The normalized spacial score (nSPS) is 29.8. The van der Waals surface area contributed by atoms with Gasteiger partial charge in [0.25, 0.3) is 5.92 Å². The lowest BCUT2D eigenvalue weighted by atomic mass is 9.85. The van der Waals surface area contributed by atoms with Crippen LogP contribution < -0.4 is 14.8 Å². The molecule has 1 aromatic carbocycles. The number of rotatable bonds is 2. The van der Waals surface area contributed by atoms with Crippen molar-refractivity contribution in [3.05, 3.63) is 23.9 Å². The van der Waals surface area contributed by atoms with Gasteiger partial charge in [-0.3, -0.25) is 4.79 Å². The number of hydrogen-bond acceptors (Lipinski definition) is 8. The highest BCUT2D eigenvalue weighted by atomic mass is 19.3. The maximum absolute atomic E-state index is 15.9. The van der Waals surface area contributed by atoms with E-state index >= 15 is 8.78 Å². The number of halogens is 2. The molecule has 1 aromatic heterocycles. The number of aldehydes is 1. The molecule has 1 aliphatic carbocycles. The number of carbonyl (C=O) groups excluding carboxylic acids is 3. The lowest BCUT2D eigenvalue weighted by Gasteiger charge is -2.35. The van der Waals surface area contributed by atoms with E-state index in [0.29, 0.717) is 36.8 Å². The fourth-order valence-electron chi connectivity index (χ4n) is 6.64. The van der Waals surface area contributed by atoms with Crippen LogP contribution in [-0.2, 0) is 20.2 Å². The number of ether oxygens (including phenoxy) is 3. The predicted octanol–water partition coefficient (Wildman–Crippen LogP) is 5.41. The van der Waals surface area contributed by atoms with Gasteiger partial charge in [-0.2, -0.15) is 8.78 Å². The molecule has 3 heterocycles. The lowest BCUT2D eigenvalue weighted by molar-refractivity contribution is -0.139. The van der Waals surface area contributed by atoms with Crippen molar-refractivity contribution in [2.24, 2.45) is 17.3 Å². The molecule has 0 spiro atoms. The summed E-state index contributed by atoms with van der Waals surface area (Å²) in [5.41, 5.74) is -0.710. The van der Waals surface area contributed by atoms with Gasteiger partial charge in [0.05, 0.1) is 30.7 Å². The molecule has 2 amide bonds. The number of carbonyl (C=O) groups is 3. The van der Waals surface area contributed by atoms with Crippen molar-refractivity contribution >= 4 is 29.3 Å². The maximum atomic E-state index is 15.9.